The van der Waals surface area contributed by atoms with E-state index in [1.165, 1.54) is 18.4 Å². The average Bonchev–Trinajstić information content (AvgIpc) is 2.93. The summed E-state index contributed by atoms with van der Waals surface area (Å²) in [5.74, 6) is 0. The standard InChI is InChI=1S/C16H26N2O/c1-3-10-18-16(9-8-14-6-5-12-19-14)15-7-4-11-17-13(15)2/h4,7,11,14,16,18H,3,5-6,8-10,12H2,1-2H3. The minimum absolute atomic E-state index is 0.415. The van der Waals surface area contributed by atoms with Crippen molar-refractivity contribution in [1.29, 1.82) is 0 Å². The largest absolute Gasteiger partial charge is 0.378 e. The lowest BCUT2D eigenvalue weighted by Gasteiger charge is -2.21. The number of hydrogen-bond donors (Lipinski definition) is 1. The molecule has 2 heterocycles. The topological polar surface area (TPSA) is 34.1 Å². The van der Waals surface area contributed by atoms with Crippen LogP contribution in [0.15, 0.2) is 18.3 Å². The van der Waals surface area contributed by atoms with Crippen LogP contribution in [0.5, 0.6) is 0 Å². The molecule has 0 radical (unpaired) electrons. The van der Waals surface area contributed by atoms with Crippen LogP contribution in [-0.2, 0) is 4.74 Å². The fraction of sp³-hybridized carbons (Fsp3) is 0.688. The van der Waals surface area contributed by atoms with Crippen LogP contribution in [-0.4, -0.2) is 24.2 Å². The molecule has 0 bridgehead atoms. The van der Waals surface area contributed by atoms with E-state index in [0.717, 1.165) is 38.1 Å². The average molecular weight is 262 g/mol. The van der Waals surface area contributed by atoms with Gasteiger partial charge in [0.05, 0.1) is 6.10 Å². The van der Waals surface area contributed by atoms with Crippen LogP contribution in [0.3, 0.4) is 0 Å². The lowest BCUT2D eigenvalue weighted by atomic mass is 9.98. The van der Waals surface area contributed by atoms with E-state index in [2.05, 4.69) is 30.2 Å². The normalized spacial score (nSPS) is 20.6. The summed E-state index contributed by atoms with van der Waals surface area (Å²) in [6, 6.07) is 4.65. The number of aromatic nitrogens is 1. The number of ether oxygens (including phenoxy) is 1. The van der Waals surface area contributed by atoms with Gasteiger partial charge >= 0.3 is 0 Å². The van der Waals surface area contributed by atoms with Crippen molar-refractivity contribution in [3.8, 4) is 0 Å². The van der Waals surface area contributed by atoms with E-state index in [1.54, 1.807) is 0 Å². The second-order valence-electron chi connectivity index (χ2n) is 5.40. The Labute approximate surface area is 116 Å². The summed E-state index contributed by atoms with van der Waals surface area (Å²) in [4.78, 5) is 4.42. The van der Waals surface area contributed by atoms with Crippen molar-refractivity contribution >= 4 is 0 Å². The molecule has 0 saturated carbocycles. The van der Waals surface area contributed by atoms with E-state index in [9.17, 15) is 0 Å². The molecule has 3 heteroatoms. The first kappa shape index (κ1) is 14.5. The van der Waals surface area contributed by atoms with Gasteiger partial charge in [-0.15, -0.1) is 0 Å². The molecular formula is C16H26N2O. The molecule has 3 nitrogen and oxygen atoms in total. The maximum atomic E-state index is 5.73. The van der Waals surface area contributed by atoms with Crippen LogP contribution in [0.2, 0.25) is 0 Å². The van der Waals surface area contributed by atoms with Crippen molar-refractivity contribution in [1.82, 2.24) is 10.3 Å². The lowest BCUT2D eigenvalue weighted by Crippen LogP contribution is -2.24. The van der Waals surface area contributed by atoms with E-state index in [4.69, 9.17) is 4.74 Å². The number of hydrogen-bond acceptors (Lipinski definition) is 3. The Morgan fingerprint density at radius 3 is 3.11 bits per heavy atom. The van der Waals surface area contributed by atoms with Crippen molar-refractivity contribution in [2.24, 2.45) is 0 Å². The maximum absolute atomic E-state index is 5.73. The molecule has 1 saturated heterocycles. The van der Waals surface area contributed by atoms with Gasteiger partial charge in [-0.1, -0.05) is 13.0 Å². The van der Waals surface area contributed by atoms with E-state index < -0.39 is 0 Å². The van der Waals surface area contributed by atoms with Crippen molar-refractivity contribution in [2.45, 2.75) is 58.1 Å². The zero-order chi connectivity index (χ0) is 13.5. The molecule has 1 N–H and O–H groups in total. The monoisotopic (exact) mass is 262 g/mol. The Bertz CT molecular complexity index is 375. The Hall–Kier alpha value is -0.930. The van der Waals surface area contributed by atoms with Crippen LogP contribution in [0, 0.1) is 6.92 Å². The van der Waals surface area contributed by atoms with Gasteiger partial charge in [-0.25, -0.2) is 0 Å². The summed E-state index contributed by atoms with van der Waals surface area (Å²) in [5.41, 5.74) is 2.48. The van der Waals surface area contributed by atoms with Gasteiger partial charge in [-0.05, 0) is 57.2 Å². The molecule has 1 aromatic rings. The van der Waals surface area contributed by atoms with E-state index in [1.807, 2.05) is 12.3 Å². The van der Waals surface area contributed by atoms with E-state index >= 15 is 0 Å². The number of pyridine rings is 1. The fourth-order valence-electron chi connectivity index (χ4n) is 2.78. The molecule has 0 spiro atoms. The minimum Gasteiger partial charge on any atom is -0.378 e. The van der Waals surface area contributed by atoms with Crippen LogP contribution >= 0.6 is 0 Å². The van der Waals surface area contributed by atoms with E-state index in [-0.39, 0.29) is 0 Å². The Kier molecular flexibility index (Phi) is 5.80. The Balaban J connectivity index is 1.96. The van der Waals surface area contributed by atoms with Gasteiger partial charge in [0, 0.05) is 24.5 Å². The number of nitrogens with one attached hydrogen (secondary N) is 1. The fourth-order valence-corrected chi connectivity index (χ4v) is 2.78. The molecule has 1 fully saturated rings. The minimum atomic E-state index is 0.415. The summed E-state index contributed by atoms with van der Waals surface area (Å²) in [6.07, 6.45) is 8.25. The van der Waals surface area contributed by atoms with Crippen molar-refractivity contribution in [3.63, 3.8) is 0 Å². The maximum Gasteiger partial charge on any atom is 0.0576 e. The number of aryl methyl sites for hydroxylation is 1. The molecule has 2 rings (SSSR count). The van der Waals surface area contributed by atoms with Gasteiger partial charge in [0.15, 0.2) is 0 Å². The predicted molar refractivity (Wildman–Crippen MR) is 78.2 cm³/mol. The zero-order valence-corrected chi connectivity index (χ0v) is 12.2. The zero-order valence-electron chi connectivity index (χ0n) is 12.2. The molecule has 0 aliphatic carbocycles. The third-order valence-electron chi connectivity index (χ3n) is 3.87. The summed E-state index contributed by atoms with van der Waals surface area (Å²) < 4.78 is 5.73. The second kappa shape index (κ2) is 7.61. The second-order valence-corrected chi connectivity index (χ2v) is 5.40. The van der Waals surface area contributed by atoms with Crippen LogP contribution in [0.1, 0.15) is 56.3 Å². The van der Waals surface area contributed by atoms with Crippen molar-refractivity contribution in [2.75, 3.05) is 13.2 Å². The molecule has 1 aromatic heterocycles. The van der Waals surface area contributed by atoms with Crippen LogP contribution in [0.4, 0.5) is 0 Å². The third-order valence-corrected chi connectivity index (χ3v) is 3.87. The molecular weight excluding hydrogens is 236 g/mol. The summed E-state index contributed by atoms with van der Waals surface area (Å²) in [7, 11) is 0. The molecule has 0 amide bonds. The highest BCUT2D eigenvalue weighted by atomic mass is 16.5. The Morgan fingerprint density at radius 2 is 2.42 bits per heavy atom. The van der Waals surface area contributed by atoms with Crippen LogP contribution < -0.4 is 5.32 Å². The summed E-state index contributed by atoms with van der Waals surface area (Å²) >= 11 is 0. The molecule has 1 aliphatic heterocycles. The molecule has 2 atom stereocenters. The van der Waals surface area contributed by atoms with Gasteiger partial charge in [-0.2, -0.15) is 0 Å². The third kappa shape index (κ3) is 4.29. The smallest absolute Gasteiger partial charge is 0.0576 e. The van der Waals surface area contributed by atoms with Gasteiger partial charge in [0.25, 0.3) is 0 Å². The van der Waals surface area contributed by atoms with Gasteiger partial charge in [-0.3, -0.25) is 4.98 Å². The quantitative estimate of drug-likeness (QED) is 0.818. The first-order valence-corrected chi connectivity index (χ1v) is 7.57. The first-order chi connectivity index (χ1) is 9.31. The molecule has 106 valence electrons. The van der Waals surface area contributed by atoms with Crippen molar-refractivity contribution < 1.29 is 4.74 Å². The van der Waals surface area contributed by atoms with Gasteiger partial charge in [0.2, 0.25) is 0 Å². The SMILES string of the molecule is CCCNC(CCC1CCCO1)c1cccnc1C. The number of rotatable bonds is 7. The molecule has 1 aliphatic rings. The Morgan fingerprint density at radius 1 is 1.53 bits per heavy atom. The van der Waals surface area contributed by atoms with Crippen molar-refractivity contribution in [3.05, 3.63) is 29.6 Å². The van der Waals surface area contributed by atoms with Gasteiger partial charge < -0.3 is 10.1 Å². The number of nitrogens with zero attached hydrogens (tertiary/aromatic N) is 1. The molecule has 2 unspecified atom stereocenters. The predicted octanol–water partition coefficient (Wildman–Crippen LogP) is 3.39. The highest BCUT2D eigenvalue weighted by molar-refractivity contribution is 5.22. The van der Waals surface area contributed by atoms with E-state index in [0.29, 0.717) is 12.1 Å². The molecule has 19 heavy (non-hydrogen) atoms. The highest BCUT2D eigenvalue weighted by Crippen LogP contribution is 2.25. The summed E-state index contributed by atoms with van der Waals surface area (Å²) in [5, 5.41) is 3.65. The molecule has 0 aromatic carbocycles. The highest BCUT2D eigenvalue weighted by Gasteiger charge is 2.19. The summed E-state index contributed by atoms with van der Waals surface area (Å²) in [6.45, 7) is 6.32. The van der Waals surface area contributed by atoms with Gasteiger partial charge in [0.1, 0.15) is 0 Å². The first-order valence-electron chi connectivity index (χ1n) is 7.57. The lowest BCUT2D eigenvalue weighted by molar-refractivity contribution is 0.0995. The van der Waals surface area contributed by atoms with Crippen LogP contribution in [0.25, 0.3) is 0 Å².